The highest BCUT2D eigenvalue weighted by molar-refractivity contribution is 5.98. The fourth-order valence-electron chi connectivity index (χ4n) is 2.31. The zero-order valence-electron chi connectivity index (χ0n) is 15.3. The van der Waals surface area contributed by atoms with E-state index < -0.39 is 17.7 Å². The molecule has 0 aliphatic rings. The van der Waals surface area contributed by atoms with Gasteiger partial charge in [0, 0.05) is 23.5 Å². The minimum atomic E-state index is -0.565. The number of hydrazine groups is 1. The monoisotopic (exact) mass is 390 g/mol. The van der Waals surface area contributed by atoms with Crippen LogP contribution < -0.4 is 20.9 Å². The minimum absolute atomic E-state index is 0.294. The average Bonchev–Trinajstić information content (AvgIpc) is 2.77. The van der Waals surface area contributed by atoms with Gasteiger partial charge in [-0.1, -0.05) is 18.2 Å². The summed E-state index contributed by atoms with van der Waals surface area (Å²) in [7, 11) is 0. The van der Waals surface area contributed by atoms with Crippen LogP contribution in [0.15, 0.2) is 79.1 Å². The number of nitrogens with zero attached hydrogens (tertiary/aromatic N) is 1. The first-order valence-corrected chi connectivity index (χ1v) is 8.72. The standard InChI is InChI=1S/C21H18N4O4/c26-19(24-25-21(28)16-10-12-22-13-11-16)14-23-20(27)15-6-8-18(9-7-15)29-17-4-2-1-3-5-17/h1-13H,14H2,(H,23,27)(H,24,26)(H,25,28). The quantitative estimate of drug-likeness (QED) is 0.558. The van der Waals surface area contributed by atoms with Crippen LogP contribution in [0.3, 0.4) is 0 Å². The van der Waals surface area contributed by atoms with Gasteiger partial charge in [0.1, 0.15) is 11.5 Å². The number of carbonyl (C=O) groups excluding carboxylic acids is 3. The number of pyridine rings is 1. The van der Waals surface area contributed by atoms with Crippen molar-refractivity contribution >= 4 is 17.7 Å². The topological polar surface area (TPSA) is 109 Å². The summed E-state index contributed by atoms with van der Waals surface area (Å²) in [5.41, 5.74) is 5.21. The molecule has 0 aliphatic carbocycles. The molecule has 3 aromatic rings. The van der Waals surface area contributed by atoms with E-state index in [2.05, 4.69) is 21.2 Å². The predicted octanol–water partition coefficient (Wildman–Crippen LogP) is 2.06. The number of amides is 3. The third-order valence-corrected chi connectivity index (χ3v) is 3.76. The van der Waals surface area contributed by atoms with E-state index in [0.29, 0.717) is 22.6 Å². The molecule has 1 aromatic heterocycles. The number of hydrogen-bond acceptors (Lipinski definition) is 5. The molecule has 0 spiro atoms. The molecule has 3 amide bonds. The van der Waals surface area contributed by atoms with Crippen molar-refractivity contribution in [2.75, 3.05) is 6.54 Å². The number of para-hydroxylation sites is 1. The number of benzene rings is 2. The third-order valence-electron chi connectivity index (χ3n) is 3.76. The summed E-state index contributed by atoms with van der Waals surface area (Å²) >= 11 is 0. The first kappa shape index (κ1) is 19.6. The summed E-state index contributed by atoms with van der Waals surface area (Å²) in [6, 6.07) is 18.8. The van der Waals surface area contributed by atoms with E-state index in [-0.39, 0.29) is 6.54 Å². The molecule has 0 atom stereocenters. The summed E-state index contributed by atoms with van der Waals surface area (Å²) in [5, 5.41) is 2.48. The van der Waals surface area contributed by atoms with Gasteiger partial charge in [0.15, 0.2) is 0 Å². The van der Waals surface area contributed by atoms with Crippen LogP contribution in [0.4, 0.5) is 0 Å². The molecule has 29 heavy (non-hydrogen) atoms. The van der Waals surface area contributed by atoms with Crippen molar-refractivity contribution in [1.29, 1.82) is 0 Å². The number of aromatic nitrogens is 1. The van der Waals surface area contributed by atoms with Crippen LogP contribution in [-0.4, -0.2) is 29.3 Å². The Bertz CT molecular complexity index is 977. The van der Waals surface area contributed by atoms with Gasteiger partial charge in [0.25, 0.3) is 17.7 Å². The van der Waals surface area contributed by atoms with E-state index in [4.69, 9.17) is 4.74 Å². The highest BCUT2D eigenvalue weighted by Gasteiger charge is 2.10. The van der Waals surface area contributed by atoms with Crippen molar-refractivity contribution in [2.45, 2.75) is 0 Å². The average molecular weight is 390 g/mol. The maximum Gasteiger partial charge on any atom is 0.269 e. The van der Waals surface area contributed by atoms with Crippen LogP contribution in [0.1, 0.15) is 20.7 Å². The normalized spacial score (nSPS) is 9.93. The number of carbonyl (C=O) groups is 3. The molecular formula is C21H18N4O4. The van der Waals surface area contributed by atoms with Crippen molar-refractivity contribution in [3.05, 3.63) is 90.3 Å². The van der Waals surface area contributed by atoms with Crippen molar-refractivity contribution in [3.8, 4) is 11.5 Å². The van der Waals surface area contributed by atoms with E-state index in [0.717, 1.165) is 0 Å². The van der Waals surface area contributed by atoms with Gasteiger partial charge in [-0.25, -0.2) is 0 Å². The van der Waals surface area contributed by atoms with Crippen LogP contribution in [-0.2, 0) is 4.79 Å². The number of ether oxygens (including phenoxy) is 1. The molecule has 0 aliphatic heterocycles. The summed E-state index contributed by atoms with van der Waals surface area (Å²) in [6.45, 7) is -0.294. The Hall–Kier alpha value is -4.20. The molecule has 0 saturated heterocycles. The molecule has 8 heteroatoms. The number of rotatable bonds is 6. The van der Waals surface area contributed by atoms with E-state index in [9.17, 15) is 14.4 Å². The summed E-state index contributed by atoms with van der Waals surface area (Å²) in [4.78, 5) is 39.6. The lowest BCUT2D eigenvalue weighted by molar-refractivity contribution is -0.120. The third kappa shape index (κ3) is 5.90. The van der Waals surface area contributed by atoms with E-state index in [1.165, 1.54) is 24.5 Å². The Labute approximate surface area is 166 Å². The predicted molar refractivity (Wildman–Crippen MR) is 105 cm³/mol. The Morgan fingerprint density at radius 2 is 1.34 bits per heavy atom. The molecule has 3 N–H and O–H groups in total. The fourth-order valence-corrected chi connectivity index (χ4v) is 2.31. The lowest BCUT2D eigenvalue weighted by atomic mass is 10.2. The Morgan fingerprint density at radius 3 is 2.03 bits per heavy atom. The van der Waals surface area contributed by atoms with Crippen molar-refractivity contribution in [2.24, 2.45) is 0 Å². The van der Waals surface area contributed by atoms with Gasteiger partial charge >= 0.3 is 0 Å². The lowest BCUT2D eigenvalue weighted by Gasteiger charge is -2.09. The molecule has 146 valence electrons. The number of nitrogens with one attached hydrogen (secondary N) is 3. The first-order valence-electron chi connectivity index (χ1n) is 8.72. The molecule has 2 aromatic carbocycles. The van der Waals surface area contributed by atoms with Gasteiger partial charge in [-0.05, 0) is 48.5 Å². The van der Waals surface area contributed by atoms with Crippen LogP contribution in [0.2, 0.25) is 0 Å². The van der Waals surface area contributed by atoms with Gasteiger partial charge in [-0.2, -0.15) is 0 Å². The van der Waals surface area contributed by atoms with E-state index in [1.807, 2.05) is 30.3 Å². The minimum Gasteiger partial charge on any atom is -0.457 e. The molecule has 1 heterocycles. The van der Waals surface area contributed by atoms with Crippen molar-refractivity contribution in [1.82, 2.24) is 21.2 Å². The van der Waals surface area contributed by atoms with E-state index >= 15 is 0 Å². The van der Waals surface area contributed by atoms with Crippen molar-refractivity contribution in [3.63, 3.8) is 0 Å². The second kappa shape index (κ2) is 9.65. The Balaban J connectivity index is 1.44. The van der Waals surface area contributed by atoms with Gasteiger partial charge < -0.3 is 10.1 Å². The molecule has 0 fully saturated rings. The maximum absolute atomic E-state index is 12.2. The zero-order chi connectivity index (χ0) is 20.5. The summed E-state index contributed by atoms with van der Waals surface area (Å²) < 4.78 is 5.66. The highest BCUT2D eigenvalue weighted by atomic mass is 16.5. The van der Waals surface area contributed by atoms with Gasteiger partial charge in [0.2, 0.25) is 0 Å². The molecule has 0 unspecified atom stereocenters. The first-order chi connectivity index (χ1) is 14.1. The van der Waals surface area contributed by atoms with Crippen LogP contribution in [0.25, 0.3) is 0 Å². The Morgan fingerprint density at radius 1 is 0.724 bits per heavy atom. The Kier molecular flexibility index (Phi) is 6.51. The van der Waals surface area contributed by atoms with E-state index in [1.54, 1.807) is 24.3 Å². The molecular weight excluding hydrogens is 372 g/mol. The van der Waals surface area contributed by atoms with Gasteiger partial charge in [0.05, 0.1) is 6.54 Å². The maximum atomic E-state index is 12.2. The molecule has 0 bridgehead atoms. The van der Waals surface area contributed by atoms with Crippen LogP contribution >= 0.6 is 0 Å². The zero-order valence-corrected chi connectivity index (χ0v) is 15.3. The van der Waals surface area contributed by atoms with Gasteiger partial charge in [-0.3, -0.25) is 30.2 Å². The molecule has 8 nitrogen and oxygen atoms in total. The molecule has 3 rings (SSSR count). The second-order valence-corrected chi connectivity index (χ2v) is 5.86. The smallest absolute Gasteiger partial charge is 0.269 e. The highest BCUT2D eigenvalue weighted by Crippen LogP contribution is 2.21. The van der Waals surface area contributed by atoms with Crippen molar-refractivity contribution < 1.29 is 19.1 Å². The van der Waals surface area contributed by atoms with Crippen LogP contribution in [0, 0.1) is 0 Å². The summed E-state index contributed by atoms with van der Waals surface area (Å²) in [5.74, 6) is -0.197. The summed E-state index contributed by atoms with van der Waals surface area (Å²) in [6.07, 6.45) is 2.93. The SMILES string of the molecule is O=C(CNC(=O)c1ccc(Oc2ccccc2)cc1)NNC(=O)c1ccncc1. The largest absolute Gasteiger partial charge is 0.457 e. The second-order valence-electron chi connectivity index (χ2n) is 5.86. The molecule has 0 radical (unpaired) electrons. The number of hydrogen-bond donors (Lipinski definition) is 3. The van der Waals surface area contributed by atoms with Crippen LogP contribution in [0.5, 0.6) is 11.5 Å². The lowest BCUT2D eigenvalue weighted by Crippen LogP contribution is -2.46. The van der Waals surface area contributed by atoms with Gasteiger partial charge in [-0.15, -0.1) is 0 Å². The molecule has 0 saturated carbocycles. The fraction of sp³-hybridized carbons (Fsp3) is 0.0476.